The van der Waals surface area contributed by atoms with Gasteiger partial charge in [0.1, 0.15) is 5.69 Å². The Labute approximate surface area is 128 Å². The zero-order chi connectivity index (χ0) is 14.9. The number of ether oxygens (including phenoxy) is 1. The standard InChI is InChI=1S/C15H21N5O2/c21-4-1-13-8-19-7-11(5-12(19)9-22-13)20-3-2-17-15(20)14-6-16-10-18-14/h2-3,6,10-13,21H,1,4-5,7-9H2,(H,16,18)/t11-,12-,13-/m0/s1. The number of morpholine rings is 1. The second-order valence-corrected chi connectivity index (χ2v) is 6.09. The number of aromatic amines is 1. The van der Waals surface area contributed by atoms with Crippen LogP contribution in [0.5, 0.6) is 0 Å². The minimum absolute atomic E-state index is 0.162. The molecule has 0 spiro atoms. The molecule has 2 N–H and O–H groups in total. The monoisotopic (exact) mass is 303 g/mol. The third-order valence-electron chi connectivity index (χ3n) is 4.72. The lowest BCUT2D eigenvalue weighted by Gasteiger charge is -2.34. The summed E-state index contributed by atoms with van der Waals surface area (Å²) in [5, 5.41) is 9.08. The van der Waals surface area contributed by atoms with Gasteiger partial charge in [0.25, 0.3) is 0 Å². The van der Waals surface area contributed by atoms with E-state index >= 15 is 0 Å². The average molecular weight is 303 g/mol. The third kappa shape index (κ3) is 2.45. The largest absolute Gasteiger partial charge is 0.396 e. The highest BCUT2D eigenvalue weighted by molar-refractivity contribution is 5.48. The second-order valence-electron chi connectivity index (χ2n) is 6.09. The predicted octanol–water partition coefficient (Wildman–Crippen LogP) is 0.670. The summed E-state index contributed by atoms with van der Waals surface area (Å²) in [5.74, 6) is 0.940. The molecule has 2 aliphatic rings. The topological polar surface area (TPSA) is 79.2 Å². The van der Waals surface area contributed by atoms with Crippen molar-refractivity contribution in [3.63, 3.8) is 0 Å². The van der Waals surface area contributed by atoms with Gasteiger partial charge in [-0.05, 0) is 12.8 Å². The van der Waals surface area contributed by atoms with Gasteiger partial charge in [-0.2, -0.15) is 0 Å². The van der Waals surface area contributed by atoms with Gasteiger partial charge in [-0.3, -0.25) is 4.90 Å². The molecule has 0 aliphatic carbocycles. The van der Waals surface area contributed by atoms with E-state index in [0.717, 1.165) is 44.1 Å². The van der Waals surface area contributed by atoms with Crippen LogP contribution in [-0.4, -0.2) is 68.0 Å². The van der Waals surface area contributed by atoms with Crippen LogP contribution < -0.4 is 0 Å². The van der Waals surface area contributed by atoms with E-state index in [4.69, 9.17) is 9.84 Å². The molecule has 3 atom stereocenters. The van der Waals surface area contributed by atoms with Gasteiger partial charge in [-0.1, -0.05) is 0 Å². The molecule has 7 nitrogen and oxygen atoms in total. The SMILES string of the molecule is OCC[C@H]1CN2C[C@@H](n3ccnc3-c3cnc[nH]3)C[C@H]2CO1. The van der Waals surface area contributed by atoms with Crippen LogP contribution in [0.3, 0.4) is 0 Å². The Morgan fingerprint density at radius 2 is 2.32 bits per heavy atom. The molecule has 22 heavy (non-hydrogen) atoms. The molecule has 0 radical (unpaired) electrons. The summed E-state index contributed by atoms with van der Waals surface area (Å²) in [6.45, 7) is 2.87. The first kappa shape index (κ1) is 13.9. The number of hydrogen-bond acceptors (Lipinski definition) is 5. The fraction of sp³-hybridized carbons (Fsp3) is 0.600. The normalized spacial score (nSPS) is 28.9. The van der Waals surface area contributed by atoms with Crippen molar-refractivity contribution in [1.82, 2.24) is 24.4 Å². The van der Waals surface area contributed by atoms with Gasteiger partial charge in [0, 0.05) is 44.2 Å². The van der Waals surface area contributed by atoms with E-state index in [1.807, 2.05) is 18.6 Å². The summed E-state index contributed by atoms with van der Waals surface area (Å²) in [5.41, 5.74) is 0.948. The van der Waals surface area contributed by atoms with Gasteiger partial charge in [-0.25, -0.2) is 9.97 Å². The number of aliphatic hydroxyl groups excluding tert-OH is 1. The minimum Gasteiger partial charge on any atom is -0.396 e. The summed E-state index contributed by atoms with van der Waals surface area (Å²) in [6.07, 6.45) is 9.34. The van der Waals surface area contributed by atoms with Crippen molar-refractivity contribution in [2.75, 3.05) is 26.3 Å². The maximum absolute atomic E-state index is 9.08. The summed E-state index contributed by atoms with van der Waals surface area (Å²) < 4.78 is 8.10. The molecule has 0 aromatic carbocycles. The van der Waals surface area contributed by atoms with E-state index < -0.39 is 0 Å². The van der Waals surface area contributed by atoms with E-state index in [1.165, 1.54) is 0 Å². The first-order chi connectivity index (χ1) is 10.8. The van der Waals surface area contributed by atoms with Crippen LogP contribution in [0.25, 0.3) is 11.5 Å². The molecular weight excluding hydrogens is 282 g/mol. The summed E-state index contributed by atoms with van der Waals surface area (Å²) in [6, 6.07) is 0.874. The highest BCUT2D eigenvalue weighted by atomic mass is 16.5. The van der Waals surface area contributed by atoms with Crippen LogP contribution in [0.2, 0.25) is 0 Å². The van der Waals surface area contributed by atoms with E-state index in [9.17, 15) is 0 Å². The van der Waals surface area contributed by atoms with E-state index in [2.05, 4.69) is 24.4 Å². The zero-order valence-corrected chi connectivity index (χ0v) is 12.4. The maximum Gasteiger partial charge on any atom is 0.158 e. The molecule has 0 unspecified atom stereocenters. The predicted molar refractivity (Wildman–Crippen MR) is 80.3 cm³/mol. The Bertz CT molecular complexity index is 611. The van der Waals surface area contributed by atoms with Crippen LogP contribution in [0.4, 0.5) is 0 Å². The van der Waals surface area contributed by atoms with Gasteiger partial charge >= 0.3 is 0 Å². The van der Waals surface area contributed by atoms with Crippen LogP contribution in [0.1, 0.15) is 18.9 Å². The number of aromatic nitrogens is 4. The molecule has 4 heterocycles. The van der Waals surface area contributed by atoms with Gasteiger partial charge in [0.05, 0.1) is 25.2 Å². The fourth-order valence-electron chi connectivity index (χ4n) is 3.63. The van der Waals surface area contributed by atoms with Crippen LogP contribution in [0, 0.1) is 0 Å². The third-order valence-corrected chi connectivity index (χ3v) is 4.72. The van der Waals surface area contributed by atoms with Gasteiger partial charge in [0.15, 0.2) is 5.82 Å². The Hall–Kier alpha value is -1.70. The first-order valence-corrected chi connectivity index (χ1v) is 7.83. The zero-order valence-electron chi connectivity index (χ0n) is 12.4. The quantitative estimate of drug-likeness (QED) is 0.868. The number of fused-ring (bicyclic) bond motifs is 1. The van der Waals surface area contributed by atoms with Crippen LogP contribution in [-0.2, 0) is 4.74 Å². The van der Waals surface area contributed by atoms with Gasteiger partial charge in [-0.15, -0.1) is 0 Å². The highest BCUT2D eigenvalue weighted by Crippen LogP contribution is 2.33. The molecule has 4 rings (SSSR count). The van der Waals surface area contributed by atoms with E-state index in [1.54, 1.807) is 6.33 Å². The molecule has 0 amide bonds. The van der Waals surface area contributed by atoms with Crippen molar-refractivity contribution in [3.05, 3.63) is 24.9 Å². The second kappa shape index (κ2) is 5.83. The van der Waals surface area contributed by atoms with E-state index in [-0.39, 0.29) is 12.7 Å². The number of aliphatic hydroxyl groups is 1. The summed E-state index contributed by atoms with van der Waals surface area (Å²) >= 11 is 0. The molecule has 2 saturated heterocycles. The lowest BCUT2D eigenvalue weighted by Crippen LogP contribution is -2.46. The number of hydrogen-bond donors (Lipinski definition) is 2. The molecule has 2 aliphatic heterocycles. The van der Waals surface area contributed by atoms with Gasteiger partial charge < -0.3 is 19.4 Å². The molecule has 7 heteroatoms. The Morgan fingerprint density at radius 3 is 3.14 bits per heavy atom. The number of nitrogens with zero attached hydrogens (tertiary/aromatic N) is 4. The molecule has 2 aromatic heterocycles. The molecule has 118 valence electrons. The Balaban J connectivity index is 1.51. The fourth-order valence-corrected chi connectivity index (χ4v) is 3.63. The summed E-state index contributed by atoms with van der Waals surface area (Å²) in [4.78, 5) is 14.2. The summed E-state index contributed by atoms with van der Waals surface area (Å²) in [7, 11) is 0. The molecule has 0 bridgehead atoms. The first-order valence-electron chi connectivity index (χ1n) is 7.83. The number of rotatable bonds is 4. The molecule has 0 saturated carbocycles. The molecular formula is C15H21N5O2. The molecule has 2 fully saturated rings. The van der Waals surface area contributed by atoms with Crippen molar-refractivity contribution in [3.8, 4) is 11.5 Å². The smallest absolute Gasteiger partial charge is 0.158 e. The van der Waals surface area contributed by atoms with Crippen molar-refractivity contribution in [2.45, 2.75) is 31.0 Å². The van der Waals surface area contributed by atoms with Crippen molar-refractivity contribution in [1.29, 1.82) is 0 Å². The Kier molecular flexibility index (Phi) is 3.69. The van der Waals surface area contributed by atoms with Gasteiger partial charge in [0.2, 0.25) is 0 Å². The lowest BCUT2D eigenvalue weighted by atomic mass is 10.1. The van der Waals surface area contributed by atoms with Crippen molar-refractivity contribution in [2.24, 2.45) is 0 Å². The van der Waals surface area contributed by atoms with Crippen molar-refractivity contribution < 1.29 is 9.84 Å². The highest BCUT2D eigenvalue weighted by Gasteiger charge is 2.38. The average Bonchev–Trinajstić information content (AvgIpc) is 3.25. The number of nitrogens with one attached hydrogen (secondary N) is 1. The lowest BCUT2D eigenvalue weighted by molar-refractivity contribution is -0.0567. The van der Waals surface area contributed by atoms with Crippen LogP contribution in [0.15, 0.2) is 24.9 Å². The minimum atomic E-state index is 0.162. The number of imidazole rings is 2. The van der Waals surface area contributed by atoms with E-state index in [0.29, 0.717) is 12.1 Å². The van der Waals surface area contributed by atoms with Crippen LogP contribution >= 0.6 is 0 Å². The van der Waals surface area contributed by atoms with Crippen molar-refractivity contribution >= 4 is 0 Å². The maximum atomic E-state index is 9.08. The number of H-pyrrole nitrogens is 1. The molecule has 2 aromatic rings. The Morgan fingerprint density at radius 1 is 1.36 bits per heavy atom.